The second kappa shape index (κ2) is 8.52. The normalized spacial score (nSPS) is 12.7. The van der Waals surface area contributed by atoms with Crippen LogP contribution in [0.25, 0.3) is 11.0 Å². The molecule has 1 atom stereocenters. The zero-order valence-corrected chi connectivity index (χ0v) is 15.9. The number of nitrogens with one attached hydrogen (secondary N) is 1. The molecule has 154 valence electrons. The van der Waals surface area contributed by atoms with E-state index < -0.39 is 23.7 Å². The summed E-state index contributed by atoms with van der Waals surface area (Å²) in [7, 11) is 1.48. The molecule has 1 N–H and O–H groups in total. The van der Waals surface area contributed by atoms with E-state index in [2.05, 4.69) is 10.3 Å². The smallest absolute Gasteiger partial charge is 0.416 e. The maximum Gasteiger partial charge on any atom is 0.416 e. The van der Waals surface area contributed by atoms with Crippen LogP contribution in [0.1, 0.15) is 18.5 Å². The fourth-order valence-corrected chi connectivity index (χ4v) is 2.82. The molecular formula is C20H20F3N3O3. The molecule has 1 aromatic heterocycles. The van der Waals surface area contributed by atoms with E-state index in [0.717, 1.165) is 23.2 Å². The minimum Gasteiger partial charge on any atom is -0.489 e. The topological polar surface area (TPSA) is 65.4 Å². The van der Waals surface area contributed by atoms with E-state index >= 15 is 0 Å². The Balaban J connectivity index is 1.87. The molecule has 0 aliphatic carbocycles. The van der Waals surface area contributed by atoms with Gasteiger partial charge in [0.15, 0.2) is 0 Å². The molecule has 1 heterocycles. The number of carbonyl (C=O) groups is 1. The Hall–Kier alpha value is -3.07. The number of rotatable bonds is 7. The van der Waals surface area contributed by atoms with Gasteiger partial charge in [-0.1, -0.05) is 12.1 Å². The second-order valence-electron chi connectivity index (χ2n) is 6.36. The van der Waals surface area contributed by atoms with Gasteiger partial charge in [0.1, 0.15) is 18.4 Å². The predicted octanol–water partition coefficient (Wildman–Crippen LogP) is 4.28. The molecule has 0 saturated carbocycles. The summed E-state index contributed by atoms with van der Waals surface area (Å²) in [4.78, 5) is 17.0. The number of ether oxygens (including phenoxy) is 2. The summed E-state index contributed by atoms with van der Waals surface area (Å²) in [5.74, 6) is -0.366. The highest BCUT2D eigenvalue weighted by molar-refractivity contribution is 5.96. The highest BCUT2D eigenvalue weighted by Crippen LogP contribution is 2.35. The summed E-state index contributed by atoms with van der Waals surface area (Å²) in [6.45, 7) is 2.03. The van der Waals surface area contributed by atoms with Crippen molar-refractivity contribution in [2.45, 2.75) is 19.1 Å². The van der Waals surface area contributed by atoms with Gasteiger partial charge in [-0.3, -0.25) is 4.79 Å². The number of para-hydroxylation sites is 2. The first-order chi connectivity index (χ1) is 13.8. The maximum atomic E-state index is 13.1. The van der Waals surface area contributed by atoms with Crippen LogP contribution in [-0.2, 0) is 15.7 Å². The number of imidazole rings is 1. The maximum absolute atomic E-state index is 13.1. The first kappa shape index (κ1) is 20.7. The van der Waals surface area contributed by atoms with Crippen LogP contribution in [0.15, 0.2) is 48.8 Å². The molecule has 0 radical (unpaired) electrons. The molecular weight excluding hydrogens is 387 g/mol. The van der Waals surface area contributed by atoms with Crippen molar-refractivity contribution in [2.75, 3.05) is 25.6 Å². The van der Waals surface area contributed by atoms with Crippen molar-refractivity contribution < 1.29 is 27.4 Å². The van der Waals surface area contributed by atoms with Gasteiger partial charge in [0.05, 0.1) is 35.2 Å². The number of alkyl halides is 3. The molecule has 1 amide bonds. The van der Waals surface area contributed by atoms with E-state index in [4.69, 9.17) is 9.47 Å². The van der Waals surface area contributed by atoms with Crippen molar-refractivity contribution in [3.05, 3.63) is 54.4 Å². The Labute approximate surface area is 165 Å². The molecule has 3 rings (SSSR count). The number of amides is 1. The molecule has 0 aliphatic rings. The number of halogens is 3. The number of aromatic nitrogens is 2. The van der Waals surface area contributed by atoms with E-state index in [1.54, 1.807) is 11.5 Å². The van der Waals surface area contributed by atoms with Gasteiger partial charge in [-0.2, -0.15) is 13.2 Å². The molecule has 0 fully saturated rings. The van der Waals surface area contributed by atoms with Crippen molar-refractivity contribution in [1.29, 1.82) is 0 Å². The lowest BCUT2D eigenvalue weighted by Gasteiger charge is -2.18. The molecule has 6 nitrogen and oxygen atoms in total. The van der Waals surface area contributed by atoms with Gasteiger partial charge in [-0.25, -0.2) is 4.98 Å². The third kappa shape index (κ3) is 4.68. The van der Waals surface area contributed by atoms with Crippen molar-refractivity contribution in [3.63, 3.8) is 0 Å². The van der Waals surface area contributed by atoms with Gasteiger partial charge in [0.2, 0.25) is 5.91 Å². The van der Waals surface area contributed by atoms with Crippen LogP contribution in [0.3, 0.4) is 0 Å². The van der Waals surface area contributed by atoms with Gasteiger partial charge >= 0.3 is 6.18 Å². The summed E-state index contributed by atoms with van der Waals surface area (Å²) in [6.07, 6.45) is -3.02. The second-order valence-corrected chi connectivity index (χ2v) is 6.36. The lowest BCUT2D eigenvalue weighted by atomic mass is 10.1. The molecule has 3 aromatic rings. The lowest BCUT2D eigenvalue weighted by molar-refractivity contribution is -0.137. The summed E-state index contributed by atoms with van der Waals surface area (Å²) >= 11 is 0. The van der Waals surface area contributed by atoms with Crippen LogP contribution in [0.5, 0.6) is 5.75 Å². The van der Waals surface area contributed by atoms with E-state index in [9.17, 15) is 18.0 Å². The third-order valence-electron chi connectivity index (χ3n) is 4.39. The average Bonchev–Trinajstić information content (AvgIpc) is 3.12. The molecule has 29 heavy (non-hydrogen) atoms. The number of hydrogen-bond donors (Lipinski definition) is 1. The number of hydrogen-bond acceptors (Lipinski definition) is 4. The zero-order valence-electron chi connectivity index (χ0n) is 15.9. The number of methoxy groups -OCH3 is 1. The van der Waals surface area contributed by atoms with E-state index in [0.29, 0.717) is 0 Å². The SMILES string of the molecule is COCCOc1ccc(C(F)(F)F)cc1NC(=O)C(C)n1cnc2ccccc21. The molecule has 1 unspecified atom stereocenters. The van der Waals surface area contributed by atoms with Crippen LogP contribution >= 0.6 is 0 Å². The molecule has 0 spiro atoms. The third-order valence-corrected chi connectivity index (χ3v) is 4.39. The highest BCUT2D eigenvalue weighted by Gasteiger charge is 2.31. The predicted molar refractivity (Wildman–Crippen MR) is 102 cm³/mol. The van der Waals surface area contributed by atoms with Gasteiger partial charge in [-0.15, -0.1) is 0 Å². The number of anilines is 1. The van der Waals surface area contributed by atoms with Crippen molar-refractivity contribution in [1.82, 2.24) is 9.55 Å². The van der Waals surface area contributed by atoms with Crippen LogP contribution in [0, 0.1) is 0 Å². The Morgan fingerprint density at radius 2 is 1.97 bits per heavy atom. The number of nitrogens with zero attached hydrogens (tertiary/aromatic N) is 2. The summed E-state index contributed by atoms with van der Waals surface area (Å²) in [6, 6.07) is 9.52. The van der Waals surface area contributed by atoms with E-state index in [1.807, 2.05) is 24.3 Å². The Bertz CT molecular complexity index is 1000. The number of fused-ring (bicyclic) bond motifs is 1. The minimum absolute atomic E-state index is 0.0581. The molecule has 2 aromatic carbocycles. The van der Waals surface area contributed by atoms with Crippen LogP contribution in [-0.4, -0.2) is 35.8 Å². The number of benzene rings is 2. The average molecular weight is 407 g/mol. The molecule has 9 heteroatoms. The van der Waals surface area contributed by atoms with Crippen molar-refractivity contribution >= 4 is 22.6 Å². The van der Waals surface area contributed by atoms with Gasteiger partial charge in [0.25, 0.3) is 0 Å². The largest absolute Gasteiger partial charge is 0.489 e. The molecule has 0 aliphatic heterocycles. The van der Waals surface area contributed by atoms with Gasteiger partial charge in [-0.05, 0) is 37.3 Å². The number of carbonyl (C=O) groups excluding carboxylic acids is 1. The van der Waals surface area contributed by atoms with Gasteiger partial charge in [0, 0.05) is 7.11 Å². The standard InChI is InChI=1S/C20H20F3N3O3/c1-13(26-12-24-15-5-3-4-6-17(15)26)19(27)25-16-11-14(20(21,22)23)7-8-18(16)29-10-9-28-2/h3-8,11-13H,9-10H2,1-2H3,(H,25,27). The Morgan fingerprint density at radius 1 is 1.21 bits per heavy atom. The summed E-state index contributed by atoms with van der Waals surface area (Å²) in [5, 5.41) is 2.55. The van der Waals surface area contributed by atoms with Crippen molar-refractivity contribution in [2.24, 2.45) is 0 Å². The zero-order chi connectivity index (χ0) is 21.0. The minimum atomic E-state index is -4.54. The van der Waals surface area contributed by atoms with Crippen LogP contribution < -0.4 is 10.1 Å². The highest BCUT2D eigenvalue weighted by atomic mass is 19.4. The van der Waals surface area contributed by atoms with E-state index in [-0.39, 0.29) is 24.7 Å². The van der Waals surface area contributed by atoms with Crippen LogP contribution in [0.4, 0.5) is 18.9 Å². The van der Waals surface area contributed by atoms with E-state index in [1.165, 1.54) is 19.5 Å². The molecule has 0 bridgehead atoms. The Morgan fingerprint density at radius 3 is 2.69 bits per heavy atom. The van der Waals surface area contributed by atoms with Crippen molar-refractivity contribution in [3.8, 4) is 5.75 Å². The summed E-state index contributed by atoms with van der Waals surface area (Å²) in [5.41, 5.74) is 0.524. The molecule has 0 saturated heterocycles. The summed E-state index contributed by atoms with van der Waals surface area (Å²) < 4.78 is 51.3. The first-order valence-electron chi connectivity index (χ1n) is 8.86. The lowest BCUT2D eigenvalue weighted by Crippen LogP contribution is -2.24. The van der Waals surface area contributed by atoms with Gasteiger partial charge < -0.3 is 19.4 Å². The fourth-order valence-electron chi connectivity index (χ4n) is 2.82. The Kier molecular flexibility index (Phi) is 6.07. The van der Waals surface area contributed by atoms with Crippen LogP contribution in [0.2, 0.25) is 0 Å². The monoisotopic (exact) mass is 407 g/mol. The fraction of sp³-hybridized carbons (Fsp3) is 0.300. The first-order valence-corrected chi connectivity index (χ1v) is 8.86. The quantitative estimate of drug-likeness (QED) is 0.594.